The largest absolute Gasteiger partial charge is 0.479 e. The number of carbonyl (C=O) groups is 3. The molecular formula is C38H46N2O5. The molecule has 3 aromatic rings. The maximum absolute atomic E-state index is 14.4. The van der Waals surface area contributed by atoms with E-state index in [2.05, 4.69) is 34.5 Å². The fourth-order valence-electron chi connectivity index (χ4n) is 7.09. The van der Waals surface area contributed by atoms with Gasteiger partial charge in [0, 0.05) is 32.5 Å². The van der Waals surface area contributed by atoms with Crippen LogP contribution in [0.4, 0.5) is 0 Å². The first-order chi connectivity index (χ1) is 21.5. The van der Waals surface area contributed by atoms with Crippen molar-refractivity contribution in [2.24, 2.45) is 11.3 Å². The molecule has 0 saturated heterocycles. The molecule has 1 unspecified atom stereocenters. The number of amides is 1. The maximum Gasteiger partial charge on any atom is 0.330 e. The molecule has 3 aromatic carbocycles. The third kappa shape index (κ3) is 8.01. The molecule has 0 aliphatic heterocycles. The van der Waals surface area contributed by atoms with Gasteiger partial charge in [0.2, 0.25) is 5.91 Å². The van der Waals surface area contributed by atoms with Crippen molar-refractivity contribution in [3.63, 3.8) is 0 Å². The molecule has 2 N–H and O–H groups in total. The first kappa shape index (κ1) is 32.4. The Morgan fingerprint density at radius 2 is 1.31 bits per heavy atom. The molecule has 1 amide bonds. The van der Waals surface area contributed by atoms with Crippen LogP contribution in [-0.2, 0) is 45.1 Å². The molecule has 1 saturated carbocycles. The lowest BCUT2D eigenvalue weighted by Gasteiger charge is -2.37. The molecule has 45 heavy (non-hydrogen) atoms. The van der Waals surface area contributed by atoms with Crippen LogP contribution in [-0.4, -0.2) is 45.5 Å². The SMILES string of the molecule is CC(C)(C)OC(=O)C(CN(Cc1ccccc1)Cc1ccccc1)CC1(C(=O)NC2(C(=O)O)Cc3ccccc3C2)CCCC1. The summed E-state index contributed by atoms with van der Waals surface area (Å²) in [6.07, 6.45) is 3.72. The number of hydrogen-bond acceptors (Lipinski definition) is 5. The van der Waals surface area contributed by atoms with Crippen LogP contribution in [0.1, 0.15) is 75.1 Å². The maximum atomic E-state index is 14.4. The van der Waals surface area contributed by atoms with Gasteiger partial charge in [0.05, 0.1) is 11.3 Å². The summed E-state index contributed by atoms with van der Waals surface area (Å²) in [7, 11) is 0. The van der Waals surface area contributed by atoms with Crippen molar-refractivity contribution in [2.45, 2.75) is 89.9 Å². The standard InChI is InChI=1S/C38H46N2O5/c1-36(2,3)45-33(41)32(27-40(25-28-14-6-4-7-15-28)26-29-16-8-5-9-17-29)22-37(20-12-13-21-37)34(42)39-38(35(43)44)23-30-18-10-11-19-31(30)24-38/h4-11,14-19,32H,12-13,20-27H2,1-3H3,(H,39,42)(H,43,44). The van der Waals surface area contributed by atoms with Crippen LogP contribution >= 0.6 is 0 Å². The Morgan fingerprint density at radius 1 is 0.822 bits per heavy atom. The van der Waals surface area contributed by atoms with E-state index in [0.29, 0.717) is 38.9 Å². The summed E-state index contributed by atoms with van der Waals surface area (Å²) in [6.45, 7) is 7.26. The number of hydrogen-bond donors (Lipinski definition) is 2. The van der Waals surface area contributed by atoms with E-state index in [9.17, 15) is 19.5 Å². The lowest BCUT2D eigenvalue weighted by molar-refractivity contribution is -0.163. The predicted octanol–water partition coefficient (Wildman–Crippen LogP) is 6.34. The molecule has 0 radical (unpaired) electrons. The Labute approximate surface area is 267 Å². The van der Waals surface area contributed by atoms with E-state index in [1.165, 1.54) is 0 Å². The van der Waals surface area contributed by atoms with Crippen molar-refractivity contribution >= 4 is 17.8 Å². The second kappa shape index (κ2) is 13.6. The summed E-state index contributed by atoms with van der Waals surface area (Å²) >= 11 is 0. The Bertz CT molecular complexity index is 1410. The van der Waals surface area contributed by atoms with Crippen molar-refractivity contribution in [2.75, 3.05) is 6.54 Å². The van der Waals surface area contributed by atoms with Crippen LogP contribution in [0, 0.1) is 11.3 Å². The van der Waals surface area contributed by atoms with Crippen LogP contribution in [0.25, 0.3) is 0 Å². The highest BCUT2D eigenvalue weighted by Gasteiger charge is 2.51. The fourth-order valence-corrected chi connectivity index (χ4v) is 7.09. The number of esters is 1. The van der Waals surface area contributed by atoms with Gasteiger partial charge in [-0.25, -0.2) is 4.79 Å². The molecule has 0 aromatic heterocycles. The lowest BCUT2D eigenvalue weighted by atomic mass is 9.75. The molecule has 1 fully saturated rings. The summed E-state index contributed by atoms with van der Waals surface area (Å²) in [6, 6.07) is 28.0. The zero-order valence-corrected chi connectivity index (χ0v) is 26.8. The number of ether oxygens (including phenoxy) is 1. The highest BCUT2D eigenvalue weighted by Crippen LogP contribution is 2.45. The molecular weight excluding hydrogens is 564 g/mol. The number of carboxylic acids is 1. The average Bonchev–Trinajstić information content (AvgIpc) is 3.63. The number of carboxylic acid groups (broad SMARTS) is 1. The molecule has 5 rings (SSSR count). The van der Waals surface area contributed by atoms with Gasteiger partial charge in [-0.15, -0.1) is 0 Å². The van der Waals surface area contributed by atoms with E-state index in [-0.39, 0.29) is 24.7 Å². The highest BCUT2D eigenvalue weighted by atomic mass is 16.6. The van der Waals surface area contributed by atoms with Crippen molar-refractivity contribution in [3.8, 4) is 0 Å². The third-order valence-electron chi connectivity index (χ3n) is 9.26. The van der Waals surface area contributed by atoms with Gasteiger partial charge < -0.3 is 15.2 Å². The number of nitrogens with zero attached hydrogens (tertiary/aromatic N) is 1. The Balaban J connectivity index is 1.43. The van der Waals surface area contributed by atoms with E-state index in [1.54, 1.807) is 0 Å². The van der Waals surface area contributed by atoms with Crippen LogP contribution in [0.5, 0.6) is 0 Å². The number of benzene rings is 3. The van der Waals surface area contributed by atoms with Crippen molar-refractivity contribution in [3.05, 3.63) is 107 Å². The monoisotopic (exact) mass is 610 g/mol. The van der Waals surface area contributed by atoms with Gasteiger partial charge in [0.15, 0.2) is 0 Å². The molecule has 7 heteroatoms. The molecule has 0 bridgehead atoms. The van der Waals surface area contributed by atoms with E-state index in [4.69, 9.17) is 4.74 Å². The van der Waals surface area contributed by atoms with Crippen molar-refractivity contribution in [1.29, 1.82) is 0 Å². The minimum absolute atomic E-state index is 0.248. The van der Waals surface area contributed by atoms with Crippen molar-refractivity contribution in [1.82, 2.24) is 10.2 Å². The molecule has 238 valence electrons. The van der Waals surface area contributed by atoms with Gasteiger partial charge in [0.25, 0.3) is 0 Å². The second-order valence-corrected chi connectivity index (χ2v) is 14.0. The second-order valence-electron chi connectivity index (χ2n) is 14.0. The molecule has 0 spiro atoms. The first-order valence-electron chi connectivity index (χ1n) is 16.1. The van der Waals surface area contributed by atoms with Gasteiger partial charge in [0.1, 0.15) is 11.1 Å². The topological polar surface area (TPSA) is 95.9 Å². The van der Waals surface area contributed by atoms with Gasteiger partial charge in [-0.1, -0.05) is 97.8 Å². The normalized spacial score (nSPS) is 17.4. The number of carbonyl (C=O) groups excluding carboxylic acids is 2. The van der Waals surface area contributed by atoms with Crippen LogP contribution in [0.2, 0.25) is 0 Å². The fraction of sp³-hybridized carbons (Fsp3) is 0.447. The predicted molar refractivity (Wildman–Crippen MR) is 174 cm³/mol. The molecule has 2 aliphatic carbocycles. The van der Waals surface area contributed by atoms with Gasteiger partial charge in [-0.05, 0) is 62.3 Å². The van der Waals surface area contributed by atoms with Crippen molar-refractivity contribution < 1.29 is 24.2 Å². The molecule has 7 nitrogen and oxygen atoms in total. The summed E-state index contributed by atoms with van der Waals surface area (Å²) in [5.41, 5.74) is 1.22. The summed E-state index contributed by atoms with van der Waals surface area (Å²) in [5, 5.41) is 13.5. The number of aliphatic carboxylic acids is 1. The van der Waals surface area contributed by atoms with E-state index < -0.39 is 28.4 Å². The third-order valence-corrected chi connectivity index (χ3v) is 9.26. The van der Waals surface area contributed by atoms with Gasteiger partial charge >= 0.3 is 11.9 Å². The molecule has 1 atom stereocenters. The minimum atomic E-state index is -1.40. The van der Waals surface area contributed by atoms with E-state index in [1.807, 2.05) is 81.4 Å². The highest BCUT2D eigenvalue weighted by molar-refractivity contribution is 5.92. The first-order valence-corrected chi connectivity index (χ1v) is 16.1. The zero-order valence-electron chi connectivity index (χ0n) is 26.8. The molecule has 0 heterocycles. The number of fused-ring (bicyclic) bond motifs is 1. The lowest BCUT2D eigenvalue weighted by Crippen LogP contribution is -2.59. The van der Waals surface area contributed by atoms with Gasteiger partial charge in [-0.3, -0.25) is 14.5 Å². The average molecular weight is 611 g/mol. The van der Waals surface area contributed by atoms with Crippen LogP contribution < -0.4 is 5.32 Å². The smallest absolute Gasteiger partial charge is 0.330 e. The summed E-state index contributed by atoms with van der Waals surface area (Å²) in [4.78, 5) is 43.3. The summed E-state index contributed by atoms with van der Waals surface area (Å²) in [5.74, 6) is -2.20. The van der Waals surface area contributed by atoms with Gasteiger partial charge in [-0.2, -0.15) is 0 Å². The number of rotatable bonds is 12. The summed E-state index contributed by atoms with van der Waals surface area (Å²) < 4.78 is 5.98. The quantitative estimate of drug-likeness (QED) is 0.233. The molecule has 2 aliphatic rings. The van der Waals surface area contributed by atoms with E-state index in [0.717, 1.165) is 35.1 Å². The Kier molecular flexibility index (Phi) is 9.78. The zero-order chi connectivity index (χ0) is 32.1. The van der Waals surface area contributed by atoms with Crippen LogP contribution in [0.15, 0.2) is 84.9 Å². The minimum Gasteiger partial charge on any atom is -0.479 e. The van der Waals surface area contributed by atoms with Crippen LogP contribution in [0.3, 0.4) is 0 Å². The Hall–Kier alpha value is -3.97. The van der Waals surface area contributed by atoms with E-state index >= 15 is 0 Å². The Morgan fingerprint density at radius 3 is 1.78 bits per heavy atom. The number of nitrogens with one attached hydrogen (secondary N) is 1.